The summed E-state index contributed by atoms with van der Waals surface area (Å²) in [7, 11) is 0. The Morgan fingerprint density at radius 1 is 1.00 bits per heavy atom. The van der Waals surface area contributed by atoms with Gasteiger partial charge in [0.25, 0.3) is 0 Å². The van der Waals surface area contributed by atoms with Crippen molar-refractivity contribution < 1.29 is 4.39 Å². The van der Waals surface area contributed by atoms with Gasteiger partial charge in [-0.2, -0.15) is 0 Å². The van der Waals surface area contributed by atoms with E-state index >= 15 is 0 Å². The van der Waals surface area contributed by atoms with Crippen molar-refractivity contribution in [3.63, 3.8) is 0 Å². The van der Waals surface area contributed by atoms with Crippen LogP contribution < -0.4 is 0 Å². The monoisotopic (exact) mass is 256 g/mol. The fourth-order valence-electron chi connectivity index (χ4n) is 1.36. The van der Waals surface area contributed by atoms with E-state index in [1.807, 2.05) is 0 Å². The maximum Gasteiger partial charge on any atom is 0.142 e. The number of benzene rings is 1. The van der Waals surface area contributed by atoms with Crippen molar-refractivity contribution in [2.45, 2.75) is 6.92 Å². The van der Waals surface area contributed by atoms with E-state index in [4.69, 9.17) is 23.2 Å². The topological polar surface area (TPSA) is 25.8 Å². The van der Waals surface area contributed by atoms with Crippen LogP contribution in [0.5, 0.6) is 0 Å². The van der Waals surface area contributed by atoms with Gasteiger partial charge in [-0.25, -0.2) is 14.4 Å². The molecular weight excluding hydrogens is 250 g/mol. The molecule has 16 heavy (non-hydrogen) atoms. The summed E-state index contributed by atoms with van der Waals surface area (Å²) in [5, 5.41) is 0.535. The molecule has 2 aromatic rings. The lowest BCUT2D eigenvalue weighted by atomic mass is 10.1. The smallest absolute Gasteiger partial charge is 0.142 e. The van der Waals surface area contributed by atoms with Crippen LogP contribution in [0.2, 0.25) is 10.3 Å². The molecule has 0 bridgehead atoms. The van der Waals surface area contributed by atoms with Crippen molar-refractivity contribution in [2.24, 2.45) is 0 Å². The van der Waals surface area contributed by atoms with Crippen molar-refractivity contribution in [1.82, 2.24) is 9.97 Å². The molecule has 2 rings (SSSR count). The first-order valence-corrected chi connectivity index (χ1v) is 5.29. The Balaban J connectivity index is 2.60. The van der Waals surface area contributed by atoms with E-state index < -0.39 is 0 Å². The Hall–Kier alpha value is -1.19. The van der Waals surface area contributed by atoms with Gasteiger partial charge in [-0.1, -0.05) is 35.3 Å². The lowest BCUT2D eigenvalue weighted by Gasteiger charge is -2.06. The summed E-state index contributed by atoms with van der Waals surface area (Å²) in [6, 6.07) is 5.84. The average molecular weight is 257 g/mol. The van der Waals surface area contributed by atoms with Gasteiger partial charge in [-0.15, -0.1) is 0 Å². The van der Waals surface area contributed by atoms with Crippen LogP contribution in [0.4, 0.5) is 4.39 Å². The molecule has 0 aliphatic heterocycles. The second-order valence-electron chi connectivity index (χ2n) is 3.23. The molecule has 1 aromatic heterocycles. The van der Waals surface area contributed by atoms with Crippen LogP contribution in [0.1, 0.15) is 5.82 Å². The highest BCUT2D eigenvalue weighted by molar-refractivity contribution is 6.37. The third-order valence-corrected chi connectivity index (χ3v) is 2.61. The highest BCUT2D eigenvalue weighted by Crippen LogP contribution is 2.32. The Labute approximate surface area is 102 Å². The lowest BCUT2D eigenvalue weighted by Crippen LogP contribution is -1.93. The molecule has 2 nitrogen and oxygen atoms in total. The van der Waals surface area contributed by atoms with Gasteiger partial charge in [0.05, 0.1) is 5.56 Å². The van der Waals surface area contributed by atoms with Gasteiger partial charge in [0.15, 0.2) is 0 Å². The molecule has 5 heteroatoms. The predicted molar refractivity (Wildman–Crippen MR) is 62.2 cm³/mol. The standard InChI is InChI=1S/C11H7Cl2FN2/c1-6-15-10(12)9(11(13)16-6)7-2-4-8(14)5-3-7/h2-5H,1H3. The van der Waals surface area contributed by atoms with Crippen molar-refractivity contribution in [2.75, 3.05) is 0 Å². The van der Waals surface area contributed by atoms with E-state index in [0.29, 0.717) is 17.0 Å². The molecular formula is C11H7Cl2FN2. The van der Waals surface area contributed by atoms with Crippen LogP contribution in [0, 0.1) is 12.7 Å². The molecule has 0 N–H and O–H groups in total. The number of aryl methyl sites for hydroxylation is 1. The van der Waals surface area contributed by atoms with Crippen LogP contribution in [0.3, 0.4) is 0 Å². The maximum atomic E-state index is 12.8. The van der Waals surface area contributed by atoms with Crippen LogP contribution >= 0.6 is 23.2 Å². The third kappa shape index (κ3) is 2.15. The Kier molecular flexibility index (Phi) is 3.08. The van der Waals surface area contributed by atoms with Gasteiger partial charge in [0.2, 0.25) is 0 Å². The molecule has 1 aromatic carbocycles. The summed E-state index contributed by atoms with van der Waals surface area (Å²) >= 11 is 12.0. The number of halogens is 3. The molecule has 0 radical (unpaired) electrons. The van der Waals surface area contributed by atoms with Gasteiger partial charge in [-0.05, 0) is 24.6 Å². The van der Waals surface area contributed by atoms with Crippen LogP contribution in [0.15, 0.2) is 24.3 Å². The Morgan fingerprint density at radius 3 is 2.00 bits per heavy atom. The first-order valence-electron chi connectivity index (χ1n) is 4.53. The summed E-state index contributed by atoms with van der Waals surface area (Å²) in [5.74, 6) is 0.185. The van der Waals surface area contributed by atoms with E-state index in [2.05, 4.69) is 9.97 Å². The van der Waals surface area contributed by atoms with E-state index in [0.717, 1.165) is 0 Å². The van der Waals surface area contributed by atoms with Crippen molar-refractivity contribution >= 4 is 23.2 Å². The highest BCUT2D eigenvalue weighted by Gasteiger charge is 2.12. The summed E-state index contributed by atoms with van der Waals surface area (Å²) < 4.78 is 12.8. The molecule has 0 atom stereocenters. The van der Waals surface area contributed by atoms with Gasteiger partial charge in [-0.3, -0.25) is 0 Å². The van der Waals surface area contributed by atoms with Crippen LogP contribution in [-0.4, -0.2) is 9.97 Å². The van der Waals surface area contributed by atoms with E-state index in [1.54, 1.807) is 19.1 Å². The van der Waals surface area contributed by atoms with E-state index in [9.17, 15) is 4.39 Å². The fourth-order valence-corrected chi connectivity index (χ4v) is 2.05. The summed E-state index contributed by atoms with van der Waals surface area (Å²) in [6.45, 7) is 1.70. The molecule has 0 aliphatic rings. The summed E-state index contributed by atoms with van der Waals surface area (Å²) in [6.07, 6.45) is 0. The normalized spacial score (nSPS) is 10.5. The van der Waals surface area contributed by atoms with Crippen LogP contribution in [-0.2, 0) is 0 Å². The number of rotatable bonds is 1. The summed E-state index contributed by atoms with van der Waals surface area (Å²) in [4.78, 5) is 8.02. The largest absolute Gasteiger partial charge is 0.221 e. The fraction of sp³-hybridized carbons (Fsp3) is 0.0909. The van der Waals surface area contributed by atoms with Gasteiger partial charge in [0, 0.05) is 0 Å². The SMILES string of the molecule is Cc1nc(Cl)c(-c2ccc(F)cc2)c(Cl)n1. The minimum absolute atomic E-state index is 0.268. The first-order chi connectivity index (χ1) is 7.58. The third-order valence-electron chi connectivity index (χ3n) is 2.07. The zero-order valence-electron chi connectivity index (χ0n) is 8.34. The molecule has 1 heterocycles. The minimum atomic E-state index is -0.316. The molecule has 0 aliphatic carbocycles. The first kappa shape index (κ1) is 11.3. The van der Waals surface area contributed by atoms with Gasteiger partial charge < -0.3 is 0 Å². The quantitative estimate of drug-likeness (QED) is 0.724. The number of hydrogen-bond donors (Lipinski definition) is 0. The molecule has 82 valence electrons. The maximum absolute atomic E-state index is 12.8. The average Bonchev–Trinajstić information content (AvgIpc) is 2.19. The zero-order chi connectivity index (χ0) is 11.7. The molecule has 0 amide bonds. The molecule has 0 saturated carbocycles. The van der Waals surface area contributed by atoms with Crippen molar-refractivity contribution in [1.29, 1.82) is 0 Å². The second kappa shape index (κ2) is 4.36. The predicted octanol–water partition coefficient (Wildman–Crippen LogP) is 3.90. The Bertz CT molecular complexity index is 503. The van der Waals surface area contributed by atoms with Gasteiger partial charge in [0.1, 0.15) is 21.9 Å². The molecule has 0 saturated heterocycles. The molecule has 0 fully saturated rings. The minimum Gasteiger partial charge on any atom is -0.221 e. The van der Waals surface area contributed by atoms with Crippen molar-refractivity contribution in [3.8, 4) is 11.1 Å². The second-order valence-corrected chi connectivity index (χ2v) is 3.95. The van der Waals surface area contributed by atoms with E-state index in [-0.39, 0.29) is 16.1 Å². The van der Waals surface area contributed by atoms with E-state index in [1.165, 1.54) is 12.1 Å². The Morgan fingerprint density at radius 2 is 1.50 bits per heavy atom. The van der Waals surface area contributed by atoms with Crippen LogP contribution in [0.25, 0.3) is 11.1 Å². The highest BCUT2D eigenvalue weighted by atomic mass is 35.5. The lowest BCUT2D eigenvalue weighted by molar-refractivity contribution is 0.628. The van der Waals surface area contributed by atoms with Gasteiger partial charge >= 0.3 is 0 Å². The number of nitrogens with zero attached hydrogens (tertiary/aromatic N) is 2. The molecule has 0 unspecified atom stereocenters. The molecule has 0 spiro atoms. The summed E-state index contributed by atoms with van der Waals surface area (Å²) in [5.41, 5.74) is 1.21. The zero-order valence-corrected chi connectivity index (χ0v) is 9.85. The number of hydrogen-bond acceptors (Lipinski definition) is 2. The number of aromatic nitrogens is 2. The van der Waals surface area contributed by atoms with Crippen molar-refractivity contribution in [3.05, 3.63) is 46.2 Å².